The van der Waals surface area contributed by atoms with Gasteiger partial charge in [-0.05, 0) is 30.3 Å². The summed E-state index contributed by atoms with van der Waals surface area (Å²) >= 11 is 9.63. The maximum Gasteiger partial charge on any atom is 0.0830 e. The van der Waals surface area contributed by atoms with E-state index in [9.17, 15) is 0 Å². The molecule has 2 nitrogen and oxygen atoms in total. The number of benzene rings is 2. The predicted octanol–water partition coefficient (Wildman–Crippen LogP) is 4.45. The summed E-state index contributed by atoms with van der Waals surface area (Å²) < 4.78 is 1.02. The molecule has 0 saturated carbocycles. The van der Waals surface area contributed by atoms with E-state index in [1.54, 1.807) is 0 Å². The van der Waals surface area contributed by atoms with Gasteiger partial charge in [-0.1, -0.05) is 39.7 Å². The highest BCUT2D eigenvalue weighted by Gasteiger charge is 2.11. The van der Waals surface area contributed by atoms with Gasteiger partial charge in [-0.25, -0.2) is 0 Å². The molecule has 0 aromatic heterocycles. The van der Waals surface area contributed by atoms with E-state index < -0.39 is 0 Å². The second-order valence-corrected chi connectivity index (χ2v) is 5.04. The molecule has 0 saturated heterocycles. The molecule has 17 heavy (non-hydrogen) atoms. The Morgan fingerprint density at radius 2 is 1.88 bits per heavy atom. The van der Waals surface area contributed by atoms with Crippen LogP contribution in [0.4, 0.5) is 17.1 Å². The monoisotopic (exact) mass is 310 g/mol. The Hall–Kier alpha value is -1.19. The molecular formula is C13H12BrClN2. The fourth-order valence-corrected chi connectivity index (χ4v) is 2.40. The topological polar surface area (TPSA) is 29.3 Å². The molecule has 0 unspecified atom stereocenters. The molecule has 0 aliphatic rings. The summed E-state index contributed by atoms with van der Waals surface area (Å²) in [7, 11) is 1.94. The van der Waals surface area contributed by atoms with Crippen molar-refractivity contribution in [3.05, 3.63) is 52.0 Å². The number of nitrogens with two attached hydrogens (primary N) is 1. The van der Waals surface area contributed by atoms with E-state index in [4.69, 9.17) is 17.3 Å². The summed E-state index contributed by atoms with van der Waals surface area (Å²) in [5.41, 5.74) is 8.48. The zero-order chi connectivity index (χ0) is 12.4. The van der Waals surface area contributed by atoms with Gasteiger partial charge in [0.25, 0.3) is 0 Å². The van der Waals surface area contributed by atoms with Gasteiger partial charge in [0.1, 0.15) is 0 Å². The van der Waals surface area contributed by atoms with Gasteiger partial charge in [0.05, 0.1) is 16.4 Å². The number of rotatable bonds is 2. The van der Waals surface area contributed by atoms with Crippen LogP contribution in [0.15, 0.2) is 46.9 Å². The summed E-state index contributed by atoms with van der Waals surface area (Å²) in [6, 6.07) is 13.5. The van der Waals surface area contributed by atoms with Crippen LogP contribution in [0, 0.1) is 0 Å². The molecule has 0 bridgehead atoms. The van der Waals surface area contributed by atoms with E-state index in [-0.39, 0.29) is 0 Å². The predicted molar refractivity (Wildman–Crippen MR) is 78.1 cm³/mol. The van der Waals surface area contributed by atoms with Crippen LogP contribution < -0.4 is 10.6 Å². The molecule has 2 rings (SSSR count). The van der Waals surface area contributed by atoms with Gasteiger partial charge in [-0.3, -0.25) is 0 Å². The third-order valence-electron chi connectivity index (χ3n) is 2.55. The van der Waals surface area contributed by atoms with Crippen molar-refractivity contribution in [2.45, 2.75) is 0 Å². The Morgan fingerprint density at radius 3 is 2.53 bits per heavy atom. The molecule has 0 atom stereocenters. The maximum atomic E-state index is 6.18. The zero-order valence-electron chi connectivity index (χ0n) is 9.32. The maximum absolute atomic E-state index is 6.18. The van der Waals surface area contributed by atoms with Crippen molar-refractivity contribution in [3.63, 3.8) is 0 Å². The lowest BCUT2D eigenvalue weighted by Gasteiger charge is -2.22. The van der Waals surface area contributed by atoms with Gasteiger partial charge in [-0.15, -0.1) is 0 Å². The van der Waals surface area contributed by atoms with E-state index in [1.165, 1.54) is 0 Å². The van der Waals surface area contributed by atoms with Crippen molar-refractivity contribution in [1.82, 2.24) is 0 Å². The third kappa shape index (κ3) is 2.56. The van der Waals surface area contributed by atoms with Gasteiger partial charge >= 0.3 is 0 Å². The number of hydrogen-bond acceptors (Lipinski definition) is 2. The first-order valence-corrected chi connectivity index (χ1v) is 6.30. The summed E-state index contributed by atoms with van der Waals surface area (Å²) in [4.78, 5) is 1.97. The molecule has 2 aromatic rings. The highest BCUT2D eigenvalue weighted by Crippen LogP contribution is 2.36. The first kappa shape index (κ1) is 12.3. The second kappa shape index (κ2) is 4.98. The SMILES string of the molecule is CN(c1cccc(Br)c1)c1c(N)cccc1Cl. The van der Waals surface area contributed by atoms with Crippen LogP contribution >= 0.6 is 27.5 Å². The average molecular weight is 312 g/mol. The molecule has 0 heterocycles. The Balaban J connectivity index is 2.47. The van der Waals surface area contributed by atoms with Crippen molar-refractivity contribution >= 4 is 44.6 Å². The molecule has 0 radical (unpaired) electrons. The molecule has 0 fully saturated rings. The quantitative estimate of drug-likeness (QED) is 0.830. The minimum absolute atomic E-state index is 0.646. The van der Waals surface area contributed by atoms with Crippen LogP contribution in [-0.4, -0.2) is 7.05 Å². The lowest BCUT2D eigenvalue weighted by Crippen LogP contribution is -2.12. The molecule has 0 amide bonds. The third-order valence-corrected chi connectivity index (χ3v) is 3.35. The average Bonchev–Trinajstić information content (AvgIpc) is 2.28. The molecule has 4 heteroatoms. The van der Waals surface area contributed by atoms with Gasteiger partial charge in [-0.2, -0.15) is 0 Å². The standard InChI is InChI=1S/C13H12BrClN2/c1-17(10-5-2-4-9(14)8-10)13-11(15)6-3-7-12(13)16/h2-8H,16H2,1H3. The van der Waals surface area contributed by atoms with Crippen molar-refractivity contribution in [1.29, 1.82) is 0 Å². The number of hydrogen-bond donors (Lipinski definition) is 1. The molecule has 2 aromatic carbocycles. The fraction of sp³-hybridized carbons (Fsp3) is 0.0769. The largest absolute Gasteiger partial charge is 0.397 e. The van der Waals surface area contributed by atoms with Crippen LogP contribution in [0.25, 0.3) is 0 Å². The fourth-order valence-electron chi connectivity index (χ4n) is 1.70. The first-order valence-electron chi connectivity index (χ1n) is 5.13. The minimum Gasteiger partial charge on any atom is -0.397 e. The minimum atomic E-state index is 0.646. The first-order chi connectivity index (χ1) is 8.09. The normalized spacial score (nSPS) is 10.3. The van der Waals surface area contributed by atoms with Crippen molar-refractivity contribution in [2.75, 3.05) is 17.7 Å². The lowest BCUT2D eigenvalue weighted by atomic mass is 10.2. The number of nitrogens with zero attached hydrogens (tertiary/aromatic N) is 1. The zero-order valence-corrected chi connectivity index (χ0v) is 11.7. The molecule has 0 aliphatic carbocycles. The van der Waals surface area contributed by atoms with Crippen molar-refractivity contribution < 1.29 is 0 Å². The van der Waals surface area contributed by atoms with E-state index in [0.29, 0.717) is 10.7 Å². The Labute approximate surface area is 114 Å². The number of halogens is 2. The Bertz CT molecular complexity index is 522. The highest BCUT2D eigenvalue weighted by atomic mass is 79.9. The second-order valence-electron chi connectivity index (χ2n) is 3.72. The summed E-state index contributed by atoms with van der Waals surface area (Å²) in [6.07, 6.45) is 0. The van der Waals surface area contributed by atoms with Crippen LogP contribution in [0.1, 0.15) is 0 Å². The summed E-state index contributed by atoms with van der Waals surface area (Å²) in [5.74, 6) is 0. The Morgan fingerprint density at radius 1 is 1.18 bits per heavy atom. The number of para-hydroxylation sites is 1. The smallest absolute Gasteiger partial charge is 0.0830 e. The van der Waals surface area contributed by atoms with Crippen LogP contribution in [0.2, 0.25) is 5.02 Å². The van der Waals surface area contributed by atoms with Crippen LogP contribution in [0.3, 0.4) is 0 Å². The Kier molecular flexibility index (Phi) is 3.60. The lowest BCUT2D eigenvalue weighted by molar-refractivity contribution is 1.21. The van der Waals surface area contributed by atoms with Crippen molar-refractivity contribution in [2.24, 2.45) is 0 Å². The van der Waals surface area contributed by atoms with Crippen LogP contribution in [-0.2, 0) is 0 Å². The van der Waals surface area contributed by atoms with Crippen LogP contribution in [0.5, 0.6) is 0 Å². The van der Waals surface area contributed by atoms with E-state index in [0.717, 1.165) is 15.8 Å². The summed E-state index contributed by atoms with van der Waals surface area (Å²) in [6.45, 7) is 0. The molecule has 0 spiro atoms. The van der Waals surface area contributed by atoms with Gasteiger partial charge < -0.3 is 10.6 Å². The van der Waals surface area contributed by atoms with Gasteiger partial charge in [0, 0.05) is 17.2 Å². The molecule has 0 aliphatic heterocycles. The highest BCUT2D eigenvalue weighted by molar-refractivity contribution is 9.10. The molecule has 2 N–H and O–H groups in total. The number of anilines is 3. The van der Waals surface area contributed by atoms with E-state index in [1.807, 2.05) is 54.4 Å². The van der Waals surface area contributed by atoms with E-state index in [2.05, 4.69) is 15.9 Å². The molecule has 88 valence electrons. The summed E-state index contributed by atoms with van der Waals surface area (Å²) in [5, 5.41) is 0.646. The number of nitrogen functional groups attached to an aromatic ring is 1. The van der Waals surface area contributed by atoms with E-state index >= 15 is 0 Å². The molecular weight excluding hydrogens is 300 g/mol. The van der Waals surface area contributed by atoms with Gasteiger partial charge in [0.15, 0.2) is 0 Å². The van der Waals surface area contributed by atoms with Gasteiger partial charge in [0.2, 0.25) is 0 Å². The van der Waals surface area contributed by atoms with Crippen molar-refractivity contribution in [3.8, 4) is 0 Å².